The number of nitrogens with one attached hydrogen (secondary N) is 1. The predicted molar refractivity (Wildman–Crippen MR) is 94.4 cm³/mol. The Labute approximate surface area is 142 Å². The van der Waals surface area contributed by atoms with E-state index in [2.05, 4.69) is 21.2 Å². The molecular weight excluding hydrogens is 356 g/mol. The summed E-state index contributed by atoms with van der Waals surface area (Å²) in [7, 11) is 1.98. The van der Waals surface area contributed by atoms with Gasteiger partial charge < -0.3 is 15.0 Å². The van der Waals surface area contributed by atoms with E-state index < -0.39 is 6.10 Å². The van der Waals surface area contributed by atoms with Crippen molar-refractivity contribution in [3.8, 4) is 0 Å². The molecule has 1 unspecified atom stereocenters. The number of aliphatic hydroxyl groups excluding tert-OH is 1. The number of benzene rings is 2. The van der Waals surface area contributed by atoms with Crippen LogP contribution in [0.2, 0.25) is 0 Å². The fraction of sp³-hybridized carbons (Fsp3) is 0.167. The first kappa shape index (κ1) is 15.8. The van der Waals surface area contributed by atoms with E-state index in [4.69, 9.17) is 0 Å². The number of hydrogen-bond acceptors (Lipinski definition) is 2. The number of amides is 1. The molecule has 2 aromatic carbocycles. The Balaban J connectivity index is 1.68. The van der Waals surface area contributed by atoms with E-state index in [1.165, 1.54) is 0 Å². The number of nitrogens with zero attached hydrogens (tertiary/aromatic N) is 1. The largest absolute Gasteiger partial charge is 0.387 e. The number of carbonyl (C=O) groups is 1. The van der Waals surface area contributed by atoms with Gasteiger partial charge in [0.25, 0.3) is 5.91 Å². The first-order chi connectivity index (χ1) is 11.0. The van der Waals surface area contributed by atoms with Crippen molar-refractivity contribution in [2.45, 2.75) is 6.10 Å². The Hall–Kier alpha value is -2.11. The number of aromatic nitrogens is 1. The normalized spacial score (nSPS) is 12.3. The number of halogens is 1. The lowest BCUT2D eigenvalue weighted by molar-refractivity contribution is 0.0916. The zero-order valence-corrected chi connectivity index (χ0v) is 14.2. The van der Waals surface area contributed by atoms with Crippen LogP contribution < -0.4 is 5.32 Å². The van der Waals surface area contributed by atoms with Gasteiger partial charge >= 0.3 is 0 Å². The van der Waals surface area contributed by atoms with E-state index in [0.717, 1.165) is 20.9 Å². The fourth-order valence-corrected chi connectivity index (χ4v) is 2.95. The minimum absolute atomic E-state index is 0.170. The maximum absolute atomic E-state index is 12.1. The summed E-state index contributed by atoms with van der Waals surface area (Å²) in [6.07, 6.45) is 1.24. The molecule has 0 radical (unpaired) electrons. The molecule has 0 bridgehead atoms. The average Bonchev–Trinajstić information content (AvgIpc) is 2.93. The van der Waals surface area contributed by atoms with Crippen LogP contribution in [0.25, 0.3) is 10.9 Å². The molecule has 1 amide bonds. The molecule has 118 valence electrons. The maximum Gasteiger partial charge on any atom is 0.251 e. The molecule has 1 heterocycles. The maximum atomic E-state index is 12.1. The molecule has 5 heteroatoms. The molecular formula is C18H17BrN2O2. The summed E-state index contributed by atoms with van der Waals surface area (Å²) >= 11 is 3.34. The second-order valence-electron chi connectivity index (χ2n) is 5.48. The predicted octanol–water partition coefficient (Wildman–Crippen LogP) is 3.40. The van der Waals surface area contributed by atoms with Gasteiger partial charge in [-0.25, -0.2) is 0 Å². The van der Waals surface area contributed by atoms with Crippen molar-refractivity contribution in [1.29, 1.82) is 0 Å². The topological polar surface area (TPSA) is 54.3 Å². The number of rotatable bonds is 4. The third kappa shape index (κ3) is 3.46. The zero-order valence-electron chi connectivity index (χ0n) is 12.7. The van der Waals surface area contributed by atoms with Crippen molar-refractivity contribution >= 4 is 32.7 Å². The lowest BCUT2D eigenvalue weighted by Crippen LogP contribution is -2.28. The highest BCUT2D eigenvalue weighted by molar-refractivity contribution is 9.10. The minimum Gasteiger partial charge on any atom is -0.387 e. The summed E-state index contributed by atoms with van der Waals surface area (Å²) in [5, 5.41) is 14.1. The van der Waals surface area contributed by atoms with Gasteiger partial charge in [0.2, 0.25) is 0 Å². The lowest BCUT2D eigenvalue weighted by Gasteiger charge is -2.13. The monoisotopic (exact) mass is 372 g/mol. The van der Waals surface area contributed by atoms with Gasteiger partial charge in [0, 0.05) is 35.3 Å². The molecule has 0 fully saturated rings. The van der Waals surface area contributed by atoms with E-state index in [1.54, 1.807) is 18.2 Å². The number of carbonyl (C=O) groups excluding carboxylic acids is 1. The van der Waals surface area contributed by atoms with Crippen LogP contribution in [0, 0.1) is 0 Å². The molecule has 2 N–H and O–H groups in total. The van der Waals surface area contributed by atoms with Crippen molar-refractivity contribution < 1.29 is 9.90 Å². The van der Waals surface area contributed by atoms with E-state index in [9.17, 15) is 9.90 Å². The molecule has 0 saturated carbocycles. The second kappa shape index (κ2) is 6.56. The third-order valence-corrected chi connectivity index (χ3v) is 4.33. The van der Waals surface area contributed by atoms with Crippen LogP contribution in [0.5, 0.6) is 0 Å². The number of fused-ring (bicyclic) bond motifs is 1. The van der Waals surface area contributed by atoms with Gasteiger partial charge in [-0.2, -0.15) is 0 Å². The van der Waals surface area contributed by atoms with Gasteiger partial charge in [-0.3, -0.25) is 4.79 Å². The van der Waals surface area contributed by atoms with E-state index >= 15 is 0 Å². The molecule has 0 aliphatic rings. The Morgan fingerprint density at radius 1 is 1.26 bits per heavy atom. The van der Waals surface area contributed by atoms with Crippen molar-refractivity contribution in [1.82, 2.24) is 9.88 Å². The zero-order chi connectivity index (χ0) is 16.4. The summed E-state index contributed by atoms with van der Waals surface area (Å²) in [5.41, 5.74) is 2.46. The highest BCUT2D eigenvalue weighted by atomic mass is 79.9. The SMILES string of the molecule is Cn1ccc2cc(C(O)CNC(=O)c3cccc(Br)c3)ccc21. The third-order valence-electron chi connectivity index (χ3n) is 3.84. The van der Waals surface area contributed by atoms with Gasteiger partial charge in [0.15, 0.2) is 0 Å². The first-order valence-corrected chi connectivity index (χ1v) is 8.11. The smallest absolute Gasteiger partial charge is 0.251 e. The summed E-state index contributed by atoms with van der Waals surface area (Å²) in [4.78, 5) is 12.1. The molecule has 3 rings (SSSR count). The quantitative estimate of drug-likeness (QED) is 0.737. The molecule has 0 aliphatic carbocycles. The van der Waals surface area contributed by atoms with E-state index in [1.807, 2.05) is 48.1 Å². The molecule has 23 heavy (non-hydrogen) atoms. The molecule has 0 aliphatic heterocycles. The van der Waals surface area contributed by atoms with Crippen LogP contribution in [0.1, 0.15) is 22.0 Å². The van der Waals surface area contributed by atoms with Crippen LogP contribution in [-0.4, -0.2) is 22.1 Å². The number of aryl methyl sites for hydroxylation is 1. The fourth-order valence-electron chi connectivity index (χ4n) is 2.55. The van der Waals surface area contributed by atoms with Gasteiger partial charge in [-0.1, -0.05) is 28.1 Å². The molecule has 3 aromatic rings. The number of hydrogen-bond donors (Lipinski definition) is 2. The summed E-state index contributed by atoms with van der Waals surface area (Å²) in [5.74, 6) is -0.203. The first-order valence-electron chi connectivity index (χ1n) is 7.31. The van der Waals surface area contributed by atoms with Gasteiger partial charge in [0.1, 0.15) is 0 Å². The van der Waals surface area contributed by atoms with Crippen LogP contribution >= 0.6 is 15.9 Å². The lowest BCUT2D eigenvalue weighted by atomic mass is 10.1. The van der Waals surface area contributed by atoms with Gasteiger partial charge in [-0.05, 0) is 47.3 Å². The Kier molecular flexibility index (Phi) is 4.50. The van der Waals surface area contributed by atoms with Crippen molar-refractivity contribution in [3.05, 3.63) is 70.3 Å². The van der Waals surface area contributed by atoms with Crippen molar-refractivity contribution in [2.24, 2.45) is 7.05 Å². The van der Waals surface area contributed by atoms with Crippen molar-refractivity contribution in [2.75, 3.05) is 6.54 Å². The van der Waals surface area contributed by atoms with Gasteiger partial charge in [-0.15, -0.1) is 0 Å². The van der Waals surface area contributed by atoms with Crippen LogP contribution in [0.4, 0.5) is 0 Å². The standard InChI is InChI=1S/C18H17BrN2O2/c1-21-8-7-12-9-13(5-6-16(12)21)17(22)11-20-18(23)14-3-2-4-15(19)10-14/h2-10,17,22H,11H2,1H3,(H,20,23). The van der Waals surface area contributed by atoms with E-state index in [-0.39, 0.29) is 12.5 Å². The number of aliphatic hydroxyl groups is 1. The molecule has 4 nitrogen and oxygen atoms in total. The summed E-state index contributed by atoms with van der Waals surface area (Å²) in [6, 6.07) is 15.0. The van der Waals surface area contributed by atoms with Crippen LogP contribution in [-0.2, 0) is 7.05 Å². The molecule has 0 spiro atoms. The molecule has 1 atom stereocenters. The van der Waals surface area contributed by atoms with E-state index in [0.29, 0.717) is 5.56 Å². The highest BCUT2D eigenvalue weighted by Crippen LogP contribution is 2.21. The Bertz CT molecular complexity index is 857. The molecule has 0 saturated heterocycles. The second-order valence-corrected chi connectivity index (χ2v) is 6.40. The van der Waals surface area contributed by atoms with Gasteiger partial charge in [0.05, 0.1) is 6.10 Å². The minimum atomic E-state index is -0.740. The van der Waals surface area contributed by atoms with Crippen LogP contribution in [0.15, 0.2) is 59.2 Å². The Morgan fingerprint density at radius 3 is 2.87 bits per heavy atom. The highest BCUT2D eigenvalue weighted by Gasteiger charge is 2.12. The average molecular weight is 373 g/mol. The summed E-state index contributed by atoms with van der Waals surface area (Å²) in [6.45, 7) is 0.170. The molecule has 1 aromatic heterocycles. The Morgan fingerprint density at radius 2 is 2.09 bits per heavy atom. The van der Waals surface area contributed by atoms with Crippen LogP contribution in [0.3, 0.4) is 0 Å². The van der Waals surface area contributed by atoms with Crippen molar-refractivity contribution in [3.63, 3.8) is 0 Å². The summed E-state index contributed by atoms with van der Waals surface area (Å²) < 4.78 is 2.88.